The highest BCUT2D eigenvalue weighted by molar-refractivity contribution is 5.85. The van der Waals surface area contributed by atoms with Crippen molar-refractivity contribution >= 4 is 11.9 Å². The van der Waals surface area contributed by atoms with Gasteiger partial charge >= 0.3 is 5.97 Å². The van der Waals surface area contributed by atoms with Gasteiger partial charge in [0, 0.05) is 6.42 Å². The van der Waals surface area contributed by atoms with E-state index in [1.165, 1.54) is 6.07 Å². The third kappa shape index (κ3) is 6.28. The zero-order valence-corrected chi connectivity index (χ0v) is 15.9. The highest BCUT2D eigenvalue weighted by atomic mass is 19.1. The molecule has 1 atom stereocenters. The van der Waals surface area contributed by atoms with Gasteiger partial charge in [0.2, 0.25) is 5.91 Å². The van der Waals surface area contributed by atoms with Crippen LogP contribution >= 0.6 is 0 Å². The van der Waals surface area contributed by atoms with Crippen LogP contribution in [0.5, 0.6) is 0 Å². The molecule has 0 spiro atoms. The van der Waals surface area contributed by atoms with E-state index in [-0.39, 0.29) is 25.0 Å². The predicted octanol–water partition coefficient (Wildman–Crippen LogP) is 3.84. The molecule has 29 heavy (non-hydrogen) atoms. The first-order valence-electron chi connectivity index (χ1n) is 9.39. The summed E-state index contributed by atoms with van der Waals surface area (Å²) in [7, 11) is 0. The van der Waals surface area contributed by atoms with Gasteiger partial charge in [-0.25, -0.2) is 9.18 Å². The zero-order valence-electron chi connectivity index (χ0n) is 15.9. The molecule has 1 amide bonds. The standard InChI is InChI=1S/C24H22FNO3/c25-21-14-8-7-13-20(21)16-23(27)26-22(15-18-9-3-1-4-10-18)24(28)29-17-19-11-5-2-6-12-19/h1-14,22H,15-17H2,(H,26,27)/t22-/m0/s1. The van der Waals surface area contributed by atoms with E-state index in [9.17, 15) is 14.0 Å². The number of carbonyl (C=O) groups excluding carboxylic acids is 2. The van der Waals surface area contributed by atoms with E-state index in [2.05, 4.69) is 5.32 Å². The molecular weight excluding hydrogens is 369 g/mol. The van der Waals surface area contributed by atoms with E-state index in [0.29, 0.717) is 0 Å². The van der Waals surface area contributed by atoms with Gasteiger partial charge in [-0.2, -0.15) is 0 Å². The van der Waals surface area contributed by atoms with Crippen molar-refractivity contribution in [1.29, 1.82) is 0 Å². The number of nitrogens with one attached hydrogen (secondary N) is 1. The molecule has 0 radical (unpaired) electrons. The summed E-state index contributed by atoms with van der Waals surface area (Å²) >= 11 is 0. The van der Waals surface area contributed by atoms with Crippen molar-refractivity contribution in [2.75, 3.05) is 0 Å². The second-order valence-corrected chi connectivity index (χ2v) is 6.67. The Morgan fingerprint density at radius 1 is 0.828 bits per heavy atom. The smallest absolute Gasteiger partial charge is 0.329 e. The molecule has 3 aromatic rings. The number of carbonyl (C=O) groups is 2. The summed E-state index contributed by atoms with van der Waals surface area (Å²) in [5, 5.41) is 2.70. The molecule has 0 aliphatic carbocycles. The molecule has 0 aliphatic heterocycles. The fourth-order valence-electron chi connectivity index (χ4n) is 2.93. The molecule has 148 valence electrons. The fraction of sp³-hybridized carbons (Fsp3) is 0.167. The molecule has 0 heterocycles. The van der Waals surface area contributed by atoms with Crippen LogP contribution in [-0.4, -0.2) is 17.9 Å². The molecule has 0 saturated carbocycles. The van der Waals surface area contributed by atoms with Crippen molar-refractivity contribution in [2.45, 2.75) is 25.5 Å². The summed E-state index contributed by atoms with van der Waals surface area (Å²) in [6, 6.07) is 23.9. The van der Waals surface area contributed by atoms with Gasteiger partial charge in [0.15, 0.2) is 0 Å². The summed E-state index contributed by atoms with van der Waals surface area (Å²) in [6.45, 7) is 0.119. The number of rotatable bonds is 8. The Hall–Kier alpha value is -3.47. The first-order valence-corrected chi connectivity index (χ1v) is 9.39. The van der Waals surface area contributed by atoms with Crippen LogP contribution in [0.2, 0.25) is 0 Å². The van der Waals surface area contributed by atoms with E-state index in [1.807, 2.05) is 60.7 Å². The van der Waals surface area contributed by atoms with Gasteiger partial charge in [-0.1, -0.05) is 78.9 Å². The molecule has 5 heteroatoms. The summed E-state index contributed by atoms with van der Waals surface area (Å²) in [5.41, 5.74) is 2.03. The van der Waals surface area contributed by atoms with Crippen molar-refractivity contribution in [3.8, 4) is 0 Å². The molecule has 0 aliphatic rings. The summed E-state index contributed by atoms with van der Waals surface area (Å²) in [4.78, 5) is 25.1. The van der Waals surface area contributed by atoms with E-state index in [4.69, 9.17) is 4.74 Å². The van der Waals surface area contributed by atoms with Gasteiger partial charge in [0.1, 0.15) is 18.5 Å². The lowest BCUT2D eigenvalue weighted by Crippen LogP contribution is -2.44. The summed E-state index contributed by atoms with van der Waals surface area (Å²) < 4.78 is 19.2. The van der Waals surface area contributed by atoms with Crippen molar-refractivity contribution in [3.63, 3.8) is 0 Å². The van der Waals surface area contributed by atoms with Crippen LogP contribution in [0.15, 0.2) is 84.9 Å². The number of halogens is 1. The molecular formula is C24H22FNO3. The van der Waals surface area contributed by atoms with Crippen LogP contribution in [0.1, 0.15) is 16.7 Å². The maximum absolute atomic E-state index is 13.8. The second-order valence-electron chi connectivity index (χ2n) is 6.67. The molecule has 4 nitrogen and oxygen atoms in total. The number of amides is 1. The predicted molar refractivity (Wildman–Crippen MR) is 108 cm³/mol. The number of esters is 1. The fourth-order valence-corrected chi connectivity index (χ4v) is 2.93. The van der Waals surface area contributed by atoms with Crippen LogP contribution in [0.3, 0.4) is 0 Å². The largest absolute Gasteiger partial charge is 0.459 e. The van der Waals surface area contributed by atoms with E-state index in [0.717, 1.165) is 11.1 Å². The first-order chi connectivity index (χ1) is 14.1. The van der Waals surface area contributed by atoms with Crippen molar-refractivity contribution in [2.24, 2.45) is 0 Å². The van der Waals surface area contributed by atoms with Crippen molar-refractivity contribution < 1.29 is 18.7 Å². The normalized spacial score (nSPS) is 11.5. The Morgan fingerprint density at radius 3 is 2.07 bits per heavy atom. The molecule has 1 N–H and O–H groups in total. The summed E-state index contributed by atoms with van der Waals surface area (Å²) in [6.07, 6.45) is 0.140. The third-order valence-electron chi connectivity index (χ3n) is 4.44. The number of ether oxygens (including phenoxy) is 1. The highest BCUT2D eigenvalue weighted by Crippen LogP contribution is 2.10. The molecule has 3 rings (SSSR count). The SMILES string of the molecule is O=C(Cc1ccccc1F)N[C@@H](Cc1ccccc1)C(=O)OCc1ccccc1. The molecule has 3 aromatic carbocycles. The van der Waals surface area contributed by atoms with E-state index >= 15 is 0 Å². The molecule has 0 unspecified atom stereocenters. The molecule has 0 bridgehead atoms. The third-order valence-corrected chi connectivity index (χ3v) is 4.44. The lowest BCUT2D eigenvalue weighted by atomic mass is 10.1. The molecule has 0 saturated heterocycles. The Balaban J connectivity index is 1.67. The lowest BCUT2D eigenvalue weighted by molar-refractivity contribution is -0.149. The van der Waals surface area contributed by atoms with Gasteiger partial charge in [-0.3, -0.25) is 4.79 Å². The van der Waals surface area contributed by atoms with Gasteiger partial charge in [0.05, 0.1) is 6.42 Å². The zero-order chi connectivity index (χ0) is 20.5. The van der Waals surface area contributed by atoms with Crippen LogP contribution in [0.25, 0.3) is 0 Å². The average molecular weight is 391 g/mol. The van der Waals surface area contributed by atoms with Crippen LogP contribution in [0, 0.1) is 5.82 Å². The van der Waals surface area contributed by atoms with Crippen molar-refractivity contribution in [1.82, 2.24) is 5.32 Å². The summed E-state index contributed by atoms with van der Waals surface area (Å²) in [5.74, 6) is -1.42. The lowest BCUT2D eigenvalue weighted by Gasteiger charge is -2.18. The monoisotopic (exact) mass is 391 g/mol. The Kier molecular flexibility index (Phi) is 7.11. The minimum atomic E-state index is -0.861. The quantitative estimate of drug-likeness (QED) is 0.594. The number of hydrogen-bond acceptors (Lipinski definition) is 3. The van der Waals surface area contributed by atoms with E-state index in [1.54, 1.807) is 18.2 Å². The van der Waals surface area contributed by atoms with Crippen molar-refractivity contribution in [3.05, 3.63) is 107 Å². The van der Waals surface area contributed by atoms with Gasteiger partial charge in [-0.05, 0) is 22.8 Å². The maximum atomic E-state index is 13.8. The molecule has 0 aromatic heterocycles. The van der Waals surface area contributed by atoms with Crippen LogP contribution in [0.4, 0.5) is 4.39 Å². The highest BCUT2D eigenvalue weighted by Gasteiger charge is 2.23. The average Bonchev–Trinajstić information content (AvgIpc) is 2.75. The van der Waals surface area contributed by atoms with Crippen LogP contribution in [-0.2, 0) is 33.8 Å². The number of hydrogen-bond donors (Lipinski definition) is 1. The first kappa shape index (κ1) is 20.3. The minimum Gasteiger partial charge on any atom is -0.459 e. The topological polar surface area (TPSA) is 55.4 Å². The minimum absolute atomic E-state index is 0.119. The van der Waals surface area contributed by atoms with Crippen LogP contribution < -0.4 is 5.32 Å². The maximum Gasteiger partial charge on any atom is 0.329 e. The van der Waals surface area contributed by atoms with Gasteiger partial charge in [-0.15, -0.1) is 0 Å². The number of benzene rings is 3. The Bertz CT molecular complexity index is 945. The van der Waals surface area contributed by atoms with Gasteiger partial charge < -0.3 is 10.1 Å². The second kappa shape index (κ2) is 10.2. The van der Waals surface area contributed by atoms with Gasteiger partial charge in [0.25, 0.3) is 0 Å². The Labute approximate surface area is 169 Å². The van der Waals surface area contributed by atoms with E-state index < -0.39 is 23.7 Å². The molecule has 0 fully saturated rings. The Morgan fingerprint density at radius 2 is 1.41 bits per heavy atom.